The average Bonchev–Trinajstić information content (AvgIpc) is 2.94. The van der Waals surface area contributed by atoms with E-state index in [2.05, 4.69) is 34.3 Å². The van der Waals surface area contributed by atoms with Crippen LogP contribution < -0.4 is 5.32 Å². The van der Waals surface area contributed by atoms with Crippen LogP contribution in [0.15, 0.2) is 5.51 Å². The van der Waals surface area contributed by atoms with E-state index >= 15 is 0 Å². The number of nitrogens with one attached hydrogen (secondary N) is 1. The summed E-state index contributed by atoms with van der Waals surface area (Å²) >= 11 is 3.12. The summed E-state index contributed by atoms with van der Waals surface area (Å²) in [6.45, 7) is 5.74. The molecule has 98 valence electrons. The maximum Gasteiger partial charge on any atom is 0.206 e. The van der Waals surface area contributed by atoms with E-state index in [1.807, 2.05) is 5.51 Å². The second-order valence-corrected chi connectivity index (χ2v) is 6.08. The smallest absolute Gasteiger partial charge is 0.206 e. The summed E-state index contributed by atoms with van der Waals surface area (Å²) in [6, 6.07) is 0. The first-order valence-electron chi connectivity index (χ1n) is 5.69. The van der Waals surface area contributed by atoms with Gasteiger partial charge < -0.3 is 10.1 Å². The molecule has 0 fully saturated rings. The number of ether oxygens (including phenoxy) is 1. The summed E-state index contributed by atoms with van der Waals surface area (Å²) in [7, 11) is 1.67. The second-order valence-electron chi connectivity index (χ2n) is 4.25. The Morgan fingerprint density at radius 1 is 1.39 bits per heavy atom. The Balaban J connectivity index is 2.11. The van der Waals surface area contributed by atoms with Crippen molar-refractivity contribution in [3.05, 3.63) is 11.2 Å². The third-order valence-electron chi connectivity index (χ3n) is 2.20. The third kappa shape index (κ3) is 3.24. The van der Waals surface area contributed by atoms with E-state index in [-0.39, 0.29) is 0 Å². The highest BCUT2D eigenvalue weighted by Gasteiger charge is 2.13. The number of aromatic nitrogens is 3. The zero-order valence-electron chi connectivity index (χ0n) is 10.6. The van der Waals surface area contributed by atoms with Gasteiger partial charge in [-0.1, -0.05) is 25.2 Å². The Kier molecular flexibility index (Phi) is 4.62. The first kappa shape index (κ1) is 13.4. The van der Waals surface area contributed by atoms with Crippen molar-refractivity contribution >= 4 is 27.8 Å². The van der Waals surface area contributed by atoms with Crippen molar-refractivity contribution < 1.29 is 4.74 Å². The van der Waals surface area contributed by atoms with Crippen molar-refractivity contribution in [2.75, 3.05) is 19.0 Å². The molecule has 0 amide bonds. The maximum absolute atomic E-state index is 5.12. The van der Waals surface area contributed by atoms with Crippen LogP contribution in [-0.4, -0.2) is 28.8 Å². The monoisotopic (exact) mass is 284 g/mol. The van der Waals surface area contributed by atoms with Crippen molar-refractivity contribution in [3.63, 3.8) is 0 Å². The second kappa shape index (κ2) is 6.21. The molecular formula is C11H16N4OS2. The van der Waals surface area contributed by atoms with Gasteiger partial charge in [0.25, 0.3) is 0 Å². The zero-order valence-corrected chi connectivity index (χ0v) is 12.3. The van der Waals surface area contributed by atoms with Gasteiger partial charge in [-0.3, -0.25) is 0 Å². The van der Waals surface area contributed by atoms with Gasteiger partial charge in [0.1, 0.15) is 0 Å². The van der Waals surface area contributed by atoms with Crippen LogP contribution in [0.4, 0.5) is 5.13 Å². The predicted molar refractivity (Wildman–Crippen MR) is 75.1 cm³/mol. The summed E-state index contributed by atoms with van der Waals surface area (Å²) in [4.78, 5) is 5.33. The Morgan fingerprint density at radius 2 is 2.22 bits per heavy atom. The molecule has 0 aliphatic heterocycles. The van der Waals surface area contributed by atoms with Gasteiger partial charge in [0.05, 0.1) is 22.7 Å². The van der Waals surface area contributed by atoms with Crippen molar-refractivity contribution in [2.24, 2.45) is 5.92 Å². The van der Waals surface area contributed by atoms with Crippen LogP contribution >= 0.6 is 22.7 Å². The van der Waals surface area contributed by atoms with E-state index in [0.29, 0.717) is 12.5 Å². The molecule has 0 aliphatic rings. The lowest BCUT2D eigenvalue weighted by Gasteiger charge is -2.03. The van der Waals surface area contributed by atoms with E-state index in [9.17, 15) is 0 Å². The number of rotatable bonds is 6. The molecule has 2 heterocycles. The van der Waals surface area contributed by atoms with Crippen molar-refractivity contribution in [1.29, 1.82) is 0 Å². The summed E-state index contributed by atoms with van der Waals surface area (Å²) < 4.78 is 5.12. The summed E-state index contributed by atoms with van der Waals surface area (Å²) in [5.41, 5.74) is 2.74. The van der Waals surface area contributed by atoms with Gasteiger partial charge in [0.2, 0.25) is 5.13 Å². The van der Waals surface area contributed by atoms with Crippen LogP contribution in [0.1, 0.15) is 19.5 Å². The minimum atomic E-state index is 0.507. The fourth-order valence-corrected chi connectivity index (χ4v) is 3.02. The maximum atomic E-state index is 5.12. The fraction of sp³-hybridized carbons (Fsp3) is 0.545. The molecule has 1 N–H and O–H groups in total. The summed E-state index contributed by atoms with van der Waals surface area (Å²) in [5, 5.41) is 13.4. The van der Waals surface area contributed by atoms with Crippen molar-refractivity contribution in [3.8, 4) is 9.88 Å². The van der Waals surface area contributed by atoms with Gasteiger partial charge in [-0.2, -0.15) is 0 Å². The lowest BCUT2D eigenvalue weighted by atomic mass is 10.2. The van der Waals surface area contributed by atoms with E-state index in [1.54, 1.807) is 29.8 Å². The van der Waals surface area contributed by atoms with Gasteiger partial charge in [-0.05, 0) is 5.92 Å². The quantitative estimate of drug-likeness (QED) is 0.884. The lowest BCUT2D eigenvalue weighted by molar-refractivity contribution is 0.182. The highest BCUT2D eigenvalue weighted by atomic mass is 32.1. The highest BCUT2D eigenvalue weighted by Crippen LogP contribution is 2.32. The molecule has 0 radical (unpaired) electrons. The van der Waals surface area contributed by atoms with E-state index < -0.39 is 0 Å². The highest BCUT2D eigenvalue weighted by molar-refractivity contribution is 7.22. The Labute approximate surface area is 114 Å². The van der Waals surface area contributed by atoms with Gasteiger partial charge >= 0.3 is 0 Å². The van der Waals surface area contributed by atoms with Gasteiger partial charge in [-0.15, -0.1) is 21.5 Å². The summed E-state index contributed by atoms with van der Waals surface area (Å²) in [6.07, 6.45) is 0. The normalized spacial score (nSPS) is 11.1. The topological polar surface area (TPSA) is 59.9 Å². The van der Waals surface area contributed by atoms with Gasteiger partial charge in [0, 0.05) is 13.7 Å². The van der Waals surface area contributed by atoms with E-state index in [4.69, 9.17) is 4.74 Å². The molecule has 2 rings (SSSR count). The largest absolute Gasteiger partial charge is 0.378 e. The number of hydrogen-bond acceptors (Lipinski definition) is 7. The Morgan fingerprint density at radius 3 is 2.94 bits per heavy atom. The number of nitrogens with zero attached hydrogens (tertiary/aromatic N) is 3. The molecule has 0 bridgehead atoms. The molecule has 0 aromatic carbocycles. The SMILES string of the molecule is COCc1ncsc1-c1nnc(NCC(C)C)s1. The molecule has 0 atom stereocenters. The minimum absolute atomic E-state index is 0.507. The van der Waals surface area contributed by atoms with Crippen LogP contribution in [0, 0.1) is 5.92 Å². The molecule has 2 aromatic heterocycles. The zero-order chi connectivity index (χ0) is 13.0. The van der Waals surface area contributed by atoms with Gasteiger partial charge in [-0.25, -0.2) is 4.98 Å². The van der Waals surface area contributed by atoms with Crippen LogP contribution in [0.5, 0.6) is 0 Å². The van der Waals surface area contributed by atoms with Gasteiger partial charge in [0.15, 0.2) is 5.01 Å². The van der Waals surface area contributed by atoms with E-state index in [1.165, 1.54) is 0 Å². The molecule has 0 spiro atoms. The predicted octanol–water partition coefficient (Wildman–Crippen LogP) is 2.88. The molecule has 0 saturated carbocycles. The molecule has 0 aliphatic carbocycles. The summed E-state index contributed by atoms with van der Waals surface area (Å²) in [5.74, 6) is 0.588. The number of hydrogen-bond donors (Lipinski definition) is 1. The lowest BCUT2D eigenvalue weighted by Crippen LogP contribution is -2.07. The molecule has 2 aromatic rings. The molecule has 7 heteroatoms. The number of thiazole rings is 1. The molecule has 5 nitrogen and oxygen atoms in total. The number of anilines is 1. The number of methoxy groups -OCH3 is 1. The molecule has 0 unspecified atom stereocenters. The third-order valence-corrected chi connectivity index (χ3v) is 4.11. The first-order valence-corrected chi connectivity index (χ1v) is 7.39. The average molecular weight is 284 g/mol. The Bertz CT molecular complexity index is 495. The van der Waals surface area contributed by atoms with Crippen molar-refractivity contribution in [2.45, 2.75) is 20.5 Å². The van der Waals surface area contributed by atoms with Crippen LogP contribution in [0.2, 0.25) is 0 Å². The fourth-order valence-electron chi connectivity index (χ4n) is 1.36. The molecule has 0 saturated heterocycles. The Hall–Kier alpha value is -1.05. The van der Waals surface area contributed by atoms with Crippen LogP contribution in [0.25, 0.3) is 9.88 Å². The first-order chi connectivity index (χ1) is 8.70. The minimum Gasteiger partial charge on any atom is -0.378 e. The standard InChI is InChI=1S/C11H16N4OS2/c1-7(2)4-12-11-15-14-10(18-11)9-8(5-16-3)13-6-17-9/h6-7H,4-5H2,1-3H3,(H,12,15). The molecular weight excluding hydrogens is 268 g/mol. The van der Waals surface area contributed by atoms with Crippen molar-refractivity contribution in [1.82, 2.24) is 15.2 Å². The van der Waals surface area contributed by atoms with Crippen LogP contribution in [0.3, 0.4) is 0 Å². The van der Waals surface area contributed by atoms with E-state index in [0.717, 1.165) is 27.3 Å². The van der Waals surface area contributed by atoms with Crippen LogP contribution in [-0.2, 0) is 11.3 Å². The molecule has 18 heavy (non-hydrogen) atoms.